The fourth-order valence-electron chi connectivity index (χ4n) is 3.41. The van der Waals surface area contributed by atoms with E-state index in [1.165, 1.54) is 15.6 Å². The Labute approximate surface area is 196 Å². The fraction of sp³-hybridized carbons (Fsp3) is 0.273. The number of carbonyl (C=O) groups is 1. The van der Waals surface area contributed by atoms with Gasteiger partial charge in [0.2, 0.25) is 5.91 Å². The molecule has 1 aromatic heterocycles. The Hall–Kier alpha value is -2.46. The Balaban J connectivity index is 1.42. The summed E-state index contributed by atoms with van der Waals surface area (Å²) in [6, 6.07) is 14.7. The smallest absolute Gasteiger partial charge is 0.253 e. The van der Waals surface area contributed by atoms with Crippen LogP contribution >= 0.6 is 22.9 Å². The number of hydrazone groups is 1. The summed E-state index contributed by atoms with van der Waals surface area (Å²) < 4.78 is 28.5. The number of hydrogen-bond acceptors (Lipinski definition) is 6. The van der Waals surface area contributed by atoms with Crippen LogP contribution < -0.4 is 0 Å². The zero-order valence-electron chi connectivity index (χ0n) is 17.7. The van der Waals surface area contributed by atoms with Crippen LogP contribution in [-0.2, 0) is 21.4 Å². The molecule has 10 heteroatoms. The second-order valence-corrected chi connectivity index (χ2v) is 11.4. The fourth-order valence-corrected chi connectivity index (χ4v) is 6.62. The maximum Gasteiger partial charge on any atom is 0.253 e. The molecule has 1 aliphatic rings. The highest BCUT2D eigenvalue weighted by Gasteiger charge is 2.33. The Morgan fingerprint density at radius 3 is 2.56 bits per heavy atom. The molecule has 1 fully saturated rings. The van der Waals surface area contributed by atoms with Crippen molar-refractivity contribution in [3.05, 3.63) is 64.7 Å². The first-order valence-corrected chi connectivity index (χ1v) is 12.6. The van der Waals surface area contributed by atoms with Gasteiger partial charge in [-0.3, -0.25) is 4.79 Å². The van der Waals surface area contributed by atoms with E-state index in [9.17, 15) is 13.2 Å². The maximum absolute atomic E-state index is 13.1. The number of rotatable bonds is 6. The zero-order valence-corrected chi connectivity index (χ0v) is 20.1. The first kappa shape index (κ1) is 22.7. The zero-order chi connectivity index (χ0) is 22.9. The summed E-state index contributed by atoms with van der Waals surface area (Å²) in [4.78, 5) is 14.4. The summed E-state index contributed by atoms with van der Waals surface area (Å²) in [7, 11) is -0.0345. The van der Waals surface area contributed by atoms with Crippen molar-refractivity contribution < 1.29 is 13.2 Å². The van der Waals surface area contributed by atoms with Crippen LogP contribution in [-0.4, -0.2) is 68.5 Å². The third-order valence-corrected chi connectivity index (χ3v) is 8.76. The molecule has 1 saturated heterocycles. The van der Waals surface area contributed by atoms with Gasteiger partial charge in [-0.05, 0) is 34.7 Å². The van der Waals surface area contributed by atoms with Crippen LogP contribution in [0.1, 0.15) is 11.1 Å². The highest BCUT2D eigenvalue weighted by Crippen LogP contribution is 2.33. The van der Waals surface area contributed by atoms with Gasteiger partial charge in [-0.15, -0.1) is 11.3 Å². The van der Waals surface area contributed by atoms with Crippen LogP contribution in [0.2, 0.25) is 5.02 Å². The van der Waals surface area contributed by atoms with Gasteiger partial charge in [0.25, 0.3) is 10.0 Å². The largest absolute Gasteiger partial charge is 0.336 e. The van der Waals surface area contributed by atoms with Crippen molar-refractivity contribution in [3.8, 4) is 0 Å². The summed E-state index contributed by atoms with van der Waals surface area (Å²) in [6.07, 6.45) is 1.76. The molecule has 0 bridgehead atoms. The molecule has 3 aromatic rings. The molecule has 0 saturated carbocycles. The highest BCUT2D eigenvalue weighted by atomic mass is 35.5. The molecular formula is C22H23ClN4O3S2. The second-order valence-electron chi connectivity index (χ2n) is 7.73. The minimum atomic E-state index is -3.74. The third-order valence-electron chi connectivity index (χ3n) is 5.13. The number of piperazine rings is 1. The molecule has 0 N–H and O–H groups in total. The summed E-state index contributed by atoms with van der Waals surface area (Å²) in [5, 5.41) is 7.30. The Morgan fingerprint density at radius 1 is 1.12 bits per heavy atom. The van der Waals surface area contributed by atoms with Gasteiger partial charge >= 0.3 is 0 Å². The van der Waals surface area contributed by atoms with Crippen LogP contribution in [0.25, 0.3) is 10.1 Å². The number of carbonyl (C=O) groups excluding carboxylic acids is 1. The van der Waals surface area contributed by atoms with Gasteiger partial charge in [0.05, 0.1) is 12.8 Å². The Kier molecular flexibility index (Phi) is 6.52. The van der Waals surface area contributed by atoms with Gasteiger partial charge < -0.3 is 9.91 Å². The van der Waals surface area contributed by atoms with Crippen molar-refractivity contribution in [3.63, 3.8) is 0 Å². The number of nitrogens with zero attached hydrogens (tertiary/aromatic N) is 4. The van der Waals surface area contributed by atoms with Crippen LogP contribution in [0.4, 0.5) is 0 Å². The average molecular weight is 491 g/mol. The Morgan fingerprint density at radius 2 is 1.88 bits per heavy atom. The van der Waals surface area contributed by atoms with E-state index in [4.69, 9.17) is 11.6 Å². The predicted octanol–water partition coefficient (Wildman–Crippen LogP) is 3.48. The van der Waals surface area contributed by atoms with Crippen LogP contribution in [0.3, 0.4) is 0 Å². The van der Waals surface area contributed by atoms with E-state index >= 15 is 0 Å². The van der Waals surface area contributed by atoms with Crippen molar-refractivity contribution >= 4 is 55.2 Å². The molecule has 0 spiro atoms. The van der Waals surface area contributed by atoms with E-state index in [-0.39, 0.29) is 23.2 Å². The van der Waals surface area contributed by atoms with E-state index in [2.05, 4.69) is 5.10 Å². The lowest BCUT2D eigenvalue weighted by molar-refractivity contribution is -0.134. The molecule has 168 valence electrons. The molecule has 32 heavy (non-hydrogen) atoms. The summed E-state index contributed by atoms with van der Waals surface area (Å²) in [6.45, 7) is 0.888. The number of sulfonamides is 1. The molecule has 0 atom stereocenters. The molecule has 1 aliphatic heterocycles. The maximum atomic E-state index is 13.1. The minimum Gasteiger partial charge on any atom is -0.336 e. The first-order chi connectivity index (χ1) is 15.2. The topological polar surface area (TPSA) is 73.3 Å². The molecule has 7 nitrogen and oxygen atoms in total. The van der Waals surface area contributed by atoms with Gasteiger partial charge in [0.1, 0.15) is 4.21 Å². The third kappa shape index (κ3) is 4.96. The van der Waals surface area contributed by atoms with Crippen molar-refractivity contribution in [2.75, 3.05) is 33.7 Å². The molecule has 2 heterocycles. The highest BCUT2D eigenvalue weighted by molar-refractivity contribution is 7.91. The van der Waals surface area contributed by atoms with Crippen molar-refractivity contribution in [2.24, 2.45) is 5.10 Å². The first-order valence-electron chi connectivity index (χ1n) is 10.00. The van der Waals surface area contributed by atoms with Crippen molar-refractivity contribution in [2.45, 2.75) is 10.8 Å². The van der Waals surface area contributed by atoms with Gasteiger partial charge in [0.15, 0.2) is 0 Å². The molecule has 0 unspecified atom stereocenters. The van der Waals surface area contributed by atoms with Crippen molar-refractivity contribution in [1.82, 2.24) is 14.2 Å². The molecule has 4 rings (SSSR count). The summed E-state index contributed by atoms with van der Waals surface area (Å²) in [5.74, 6) is -0.206. The lowest BCUT2D eigenvalue weighted by Gasteiger charge is -2.33. The van der Waals surface area contributed by atoms with Gasteiger partial charge in [0, 0.05) is 43.5 Å². The van der Waals surface area contributed by atoms with E-state index in [1.807, 2.05) is 38.4 Å². The van der Waals surface area contributed by atoms with Crippen LogP contribution in [0.15, 0.2) is 57.8 Å². The van der Waals surface area contributed by atoms with Gasteiger partial charge in [-0.1, -0.05) is 41.9 Å². The molecule has 2 aromatic carbocycles. The number of hydrogen-bond donors (Lipinski definition) is 0. The number of benzene rings is 2. The van der Waals surface area contributed by atoms with E-state index in [0.29, 0.717) is 18.1 Å². The number of amides is 1. The summed E-state index contributed by atoms with van der Waals surface area (Å²) >= 11 is 7.19. The molecular weight excluding hydrogens is 468 g/mol. The Bertz CT molecular complexity index is 1270. The summed E-state index contributed by atoms with van der Waals surface area (Å²) in [5.41, 5.74) is 1.95. The minimum absolute atomic E-state index is 0.162. The molecule has 0 aliphatic carbocycles. The second kappa shape index (κ2) is 9.19. The van der Waals surface area contributed by atoms with Crippen LogP contribution in [0.5, 0.6) is 0 Å². The van der Waals surface area contributed by atoms with Gasteiger partial charge in [-0.2, -0.15) is 9.41 Å². The van der Waals surface area contributed by atoms with E-state index in [0.717, 1.165) is 21.2 Å². The number of thiophene rings is 1. The van der Waals surface area contributed by atoms with E-state index < -0.39 is 10.0 Å². The molecule has 0 radical (unpaired) electrons. The standard InChI is InChI=1S/C22H23ClN4O3S2/c1-25(2)24-13-16-3-5-17(6-4-16)14-26-9-10-27(15-21(26)28)32(29,30)22-11-18-7-8-19(23)12-20(18)31-22/h3-8,11-13H,9-10,14-15H2,1-2H3/b24-13+. The number of fused-ring (bicyclic) bond motifs is 1. The van der Waals surface area contributed by atoms with Crippen molar-refractivity contribution in [1.29, 1.82) is 0 Å². The average Bonchev–Trinajstić information content (AvgIpc) is 3.18. The lowest BCUT2D eigenvalue weighted by atomic mass is 10.1. The van der Waals surface area contributed by atoms with Crippen LogP contribution in [0, 0.1) is 0 Å². The lowest BCUT2D eigenvalue weighted by Crippen LogP contribution is -2.51. The molecule has 1 amide bonds. The number of halogens is 1. The normalized spacial score (nSPS) is 15.7. The monoisotopic (exact) mass is 490 g/mol. The van der Waals surface area contributed by atoms with Gasteiger partial charge in [-0.25, -0.2) is 8.42 Å². The predicted molar refractivity (Wildman–Crippen MR) is 129 cm³/mol. The SMILES string of the molecule is CN(C)/N=C/c1ccc(CN2CCN(S(=O)(=O)c3cc4ccc(Cl)cc4s3)CC2=O)cc1. The van der Waals surface area contributed by atoms with E-state index in [1.54, 1.807) is 40.4 Å². The quantitative estimate of drug-likeness (QED) is 0.391.